The van der Waals surface area contributed by atoms with E-state index < -0.39 is 5.97 Å². The van der Waals surface area contributed by atoms with Gasteiger partial charge in [0.1, 0.15) is 5.75 Å². The van der Waals surface area contributed by atoms with Gasteiger partial charge in [-0.15, -0.1) is 11.3 Å². The number of unbranched alkanes of at least 4 members (excludes halogenated alkanes) is 2. The molecule has 0 bridgehead atoms. The summed E-state index contributed by atoms with van der Waals surface area (Å²) in [5, 5.41) is 19.6. The largest absolute Gasteiger partial charge is 0.507 e. The Labute approximate surface area is 87.0 Å². The highest BCUT2D eigenvalue weighted by Gasteiger charge is 2.02. The van der Waals surface area contributed by atoms with Gasteiger partial charge in [-0.05, 0) is 30.7 Å². The van der Waals surface area contributed by atoms with E-state index in [0.717, 1.165) is 30.6 Å². The molecular formula is C10H14O3S. The normalized spacial score (nSPS) is 10.3. The molecule has 3 nitrogen and oxygen atoms in total. The molecule has 1 aromatic heterocycles. The van der Waals surface area contributed by atoms with Gasteiger partial charge >= 0.3 is 5.97 Å². The molecule has 0 aliphatic carbocycles. The number of aryl methyl sites for hydroxylation is 1. The maximum atomic E-state index is 10.2. The second-order valence-corrected chi connectivity index (χ2v) is 4.18. The number of hydrogen-bond acceptors (Lipinski definition) is 3. The van der Waals surface area contributed by atoms with Crippen LogP contribution in [0.1, 0.15) is 30.6 Å². The van der Waals surface area contributed by atoms with Crippen molar-refractivity contribution in [2.24, 2.45) is 0 Å². The second-order valence-electron chi connectivity index (χ2n) is 3.18. The van der Waals surface area contributed by atoms with Crippen LogP contribution in [-0.2, 0) is 11.2 Å². The fourth-order valence-electron chi connectivity index (χ4n) is 1.26. The van der Waals surface area contributed by atoms with Crippen molar-refractivity contribution in [2.75, 3.05) is 0 Å². The maximum absolute atomic E-state index is 10.2. The third-order valence-electron chi connectivity index (χ3n) is 2.02. The van der Waals surface area contributed by atoms with Crippen molar-refractivity contribution in [3.05, 3.63) is 16.3 Å². The van der Waals surface area contributed by atoms with E-state index in [-0.39, 0.29) is 6.42 Å². The van der Waals surface area contributed by atoms with Crippen LogP contribution >= 0.6 is 11.3 Å². The summed E-state index contributed by atoms with van der Waals surface area (Å²) in [6, 6.07) is 1.69. The SMILES string of the molecule is O=C(O)CCCCCc1sccc1O. The molecule has 0 aromatic carbocycles. The number of aromatic hydroxyl groups is 1. The molecule has 0 saturated carbocycles. The Balaban J connectivity index is 2.10. The van der Waals surface area contributed by atoms with Crippen molar-refractivity contribution in [1.82, 2.24) is 0 Å². The van der Waals surface area contributed by atoms with Crippen LogP contribution in [0.5, 0.6) is 5.75 Å². The van der Waals surface area contributed by atoms with Gasteiger partial charge in [-0.3, -0.25) is 4.79 Å². The summed E-state index contributed by atoms with van der Waals surface area (Å²) in [4.78, 5) is 11.2. The van der Waals surface area contributed by atoms with Crippen molar-refractivity contribution in [2.45, 2.75) is 32.1 Å². The molecule has 0 aliphatic rings. The number of carbonyl (C=O) groups is 1. The summed E-state index contributed by atoms with van der Waals surface area (Å²) in [5.41, 5.74) is 0. The zero-order chi connectivity index (χ0) is 10.4. The summed E-state index contributed by atoms with van der Waals surface area (Å²) in [6.45, 7) is 0. The van der Waals surface area contributed by atoms with Crippen LogP contribution in [0, 0.1) is 0 Å². The van der Waals surface area contributed by atoms with Crippen LogP contribution in [-0.4, -0.2) is 16.2 Å². The van der Waals surface area contributed by atoms with Crippen LogP contribution in [0.2, 0.25) is 0 Å². The van der Waals surface area contributed by atoms with Crippen molar-refractivity contribution in [3.63, 3.8) is 0 Å². The van der Waals surface area contributed by atoms with Crippen molar-refractivity contribution >= 4 is 17.3 Å². The number of aliphatic carboxylic acids is 1. The zero-order valence-electron chi connectivity index (χ0n) is 7.90. The highest BCUT2D eigenvalue weighted by atomic mass is 32.1. The quantitative estimate of drug-likeness (QED) is 0.716. The predicted octanol–water partition coefficient (Wildman–Crippen LogP) is 2.64. The lowest BCUT2D eigenvalue weighted by Gasteiger charge is -1.98. The maximum Gasteiger partial charge on any atom is 0.303 e. The smallest absolute Gasteiger partial charge is 0.303 e. The topological polar surface area (TPSA) is 57.5 Å². The van der Waals surface area contributed by atoms with Gasteiger partial charge < -0.3 is 10.2 Å². The molecule has 0 radical (unpaired) electrons. The Bertz CT molecular complexity index is 293. The molecule has 14 heavy (non-hydrogen) atoms. The summed E-state index contributed by atoms with van der Waals surface area (Å²) in [6.07, 6.45) is 3.67. The number of thiophene rings is 1. The zero-order valence-corrected chi connectivity index (χ0v) is 8.72. The Hall–Kier alpha value is -1.03. The molecule has 4 heteroatoms. The minimum Gasteiger partial charge on any atom is -0.507 e. The van der Waals surface area contributed by atoms with Gasteiger partial charge in [0.2, 0.25) is 0 Å². The first-order valence-electron chi connectivity index (χ1n) is 4.67. The monoisotopic (exact) mass is 214 g/mol. The molecule has 0 amide bonds. The van der Waals surface area contributed by atoms with E-state index in [4.69, 9.17) is 5.11 Å². The molecular weight excluding hydrogens is 200 g/mol. The van der Waals surface area contributed by atoms with Crippen LogP contribution in [0.15, 0.2) is 11.4 Å². The molecule has 2 N–H and O–H groups in total. The molecule has 0 saturated heterocycles. The van der Waals surface area contributed by atoms with E-state index in [1.807, 2.05) is 5.38 Å². The molecule has 1 heterocycles. The fourth-order valence-corrected chi connectivity index (χ4v) is 2.07. The van der Waals surface area contributed by atoms with Gasteiger partial charge in [0.15, 0.2) is 0 Å². The highest BCUT2D eigenvalue weighted by molar-refractivity contribution is 7.10. The second kappa shape index (κ2) is 5.65. The van der Waals surface area contributed by atoms with E-state index >= 15 is 0 Å². The number of rotatable bonds is 6. The minimum absolute atomic E-state index is 0.246. The molecule has 0 aliphatic heterocycles. The number of carboxylic acids is 1. The van der Waals surface area contributed by atoms with E-state index in [1.165, 1.54) is 0 Å². The third kappa shape index (κ3) is 3.79. The van der Waals surface area contributed by atoms with Gasteiger partial charge in [-0.2, -0.15) is 0 Å². The van der Waals surface area contributed by atoms with Gasteiger partial charge in [0, 0.05) is 11.3 Å². The Morgan fingerprint density at radius 2 is 2.14 bits per heavy atom. The fraction of sp³-hybridized carbons (Fsp3) is 0.500. The molecule has 78 valence electrons. The third-order valence-corrected chi connectivity index (χ3v) is 2.99. The standard InChI is InChI=1S/C10H14O3S/c11-8-6-7-14-9(8)4-2-1-3-5-10(12)13/h6-7,11H,1-5H2,(H,12,13). The van der Waals surface area contributed by atoms with E-state index in [1.54, 1.807) is 17.4 Å². The van der Waals surface area contributed by atoms with Gasteiger partial charge in [0.05, 0.1) is 0 Å². The summed E-state index contributed by atoms with van der Waals surface area (Å²) < 4.78 is 0. The van der Waals surface area contributed by atoms with E-state index in [0.29, 0.717) is 5.75 Å². The molecule has 0 spiro atoms. The lowest BCUT2D eigenvalue weighted by molar-refractivity contribution is -0.137. The summed E-state index contributed by atoms with van der Waals surface area (Å²) in [7, 11) is 0. The van der Waals surface area contributed by atoms with Crippen LogP contribution < -0.4 is 0 Å². The molecule has 0 fully saturated rings. The Kier molecular flexibility index (Phi) is 4.46. The van der Waals surface area contributed by atoms with Crippen LogP contribution in [0.3, 0.4) is 0 Å². The number of hydrogen-bond donors (Lipinski definition) is 2. The van der Waals surface area contributed by atoms with E-state index in [9.17, 15) is 9.90 Å². The van der Waals surface area contributed by atoms with Crippen molar-refractivity contribution in [3.8, 4) is 5.75 Å². The summed E-state index contributed by atoms with van der Waals surface area (Å²) in [5.74, 6) is -0.364. The first kappa shape index (κ1) is 11.0. The van der Waals surface area contributed by atoms with Gasteiger partial charge in [-0.1, -0.05) is 6.42 Å². The average molecular weight is 214 g/mol. The highest BCUT2D eigenvalue weighted by Crippen LogP contribution is 2.24. The van der Waals surface area contributed by atoms with Gasteiger partial charge in [0.25, 0.3) is 0 Å². The van der Waals surface area contributed by atoms with Crippen molar-refractivity contribution in [1.29, 1.82) is 0 Å². The number of carboxylic acid groups (broad SMARTS) is 1. The minimum atomic E-state index is -0.732. The average Bonchev–Trinajstić information content (AvgIpc) is 2.51. The van der Waals surface area contributed by atoms with Crippen molar-refractivity contribution < 1.29 is 15.0 Å². The lowest BCUT2D eigenvalue weighted by Crippen LogP contribution is -1.93. The van der Waals surface area contributed by atoms with Crippen LogP contribution in [0.25, 0.3) is 0 Å². The first-order valence-corrected chi connectivity index (χ1v) is 5.55. The van der Waals surface area contributed by atoms with Gasteiger partial charge in [-0.25, -0.2) is 0 Å². The molecule has 1 rings (SSSR count). The first-order chi connectivity index (χ1) is 6.70. The molecule has 0 atom stereocenters. The summed E-state index contributed by atoms with van der Waals surface area (Å²) >= 11 is 1.55. The molecule has 0 unspecified atom stereocenters. The molecule has 1 aromatic rings. The lowest BCUT2D eigenvalue weighted by atomic mass is 10.1. The van der Waals surface area contributed by atoms with E-state index in [2.05, 4.69) is 0 Å². The van der Waals surface area contributed by atoms with Crippen LogP contribution in [0.4, 0.5) is 0 Å². The Morgan fingerprint density at radius 3 is 2.71 bits per heavy atom. The Morgan fingerprint density at radius 1 is 1.36 bits per heavy atom. The predicted molar refractivity (Wildman–Crippen MR) is 55.8 cm³/mol.